The Kier molecular flexibility index (Phi) is 11.7. The van der Waals surface area contributed by atoms with Crippen molar-refractivity contribution in [3.05, 3.63) is 66.0 Å². The van der Waals surface area contributed by atoms with Crippen molar-refractivity contribution in [2.24, 2.45) is 4.99 Å². The predicted octanol–water partition coefficient (Wildman–Crippen LogP) is 3.75. The molecule has 1 saturated heterocycles. The van der Waals surface area contributed by atoms with E-state index in [0.717, 1.165) is 70.2 Å². The molecule has 1 aliphatic rings. The number of piperazine rings is 1. The van der Waals surface area contributed by atoms with Gasteiger partial charge in [-0.3, -0.25) is 9.89 Å². The molecule has 0 amide bonds. The van der Waals surface area contributed by atoms with Gasteiger partial charge in [0.05, 0.1) is 0 Å². The zero-order chi connectivity index (χ0) is 21.0. The van der Waals surface area contributed by atoms with E-state index >= 15 is 0 Å². The monoisotopic (exact) mass is 539 g/mol. The molecule has 2 aromatic carbocycles. The van der Waals surface area contributed by atoms with Crippen LogP contribution in [0, 0.1) is 5.82 Å². The van der Waals surface area contributed by atoms with Crippen molar-refractivity contribution in [1.29, 1.82) is 0 Å². The first-order chi connectivity index (χ1) is 14.7. The van der Waals surface area contributed by atoms with Crippen molar-refractivity contribution in [2.75, 3.05) is 57.8 Å². The third kappa shape index (κ3) is 9.03. The number of hydrogen-bond donors (Lipinski definition) is 2. The van der Waals surface area contributed by atoms with Crippen LogP contribution in [-0.2, 0) is 6.42 Å². The molecule has 1 fully saturated rings. The Labute approximate surface area is 203 Å². The molecule has 0 unspecified atom stereocenters. The Morgan fingerprint density at radius 1 is 0.903 bits per heavy atom. The Hall–Kier alpha value is -1.87. The van der Waals surface area contributed by atoms with Crippen LogP contribution in [0.5, 0.6) is 0 Å². The predicted molar refractivity (Wildman–Crippen MR) is 139 cm³/mol. The van der Waals surface area contributed by atoms with Crippen LogP contribution < -0.4 is 15.5 Å². The lowest BCUT2D eigenvalue weighted by atomic mass is 10.1. The molecule has 0 atom stereocenters. The Bertz CT molecular complexity index is 761. The van der Waals surface area contributed by atoms with Gasteiger partial charge in [0.2, 0.25) is 0 Å². The first kappa shape index (κ1) is 25.4. The highest BCUT2D eigenvalue weighted by Gasteiger charge is 2.16. The Balaban J connectivity index is 0.00000341. The summed E-state index contributed by atoms with van der Waals surface area (Å²) in [6, 6.07) is 17.3. The Morgan fingerprint density at radius 3 is 2.26 bits per heavy atom. The van der Waals surface area contributed by atoms with Gasteiger partial charge in [0.1, 0.15) is 5.82 Å². The molecule has 31 heavy (non-hydrogen) atoms. The van der Waals surface area contributed by atoms with E-state index in [-0.39, 0.29) is 29.8 Å². The number of unbranched alkanes of at least 4 members (excludes halogenated alkanes) is 1. The van der Waals surface area contributed by atoms with E-state index in [2.05, 4.69) is 55.8 Å². The zero-order valence-electron chi connectivity index (χ0n) is 18.4. The van der Waals surface area contributed by atoms with E-state index < -0.39 is 0 Å². The van der Waals surface area contributed by atoms with Crippen LogP contribution in [0.15, 0.2) is 59.6 Å². The number of nitrogens with one attached hydrogen (secondary N) is 2. The molecule has 5 nitrogen and oxygen atoms in total. The first-order valence-corrected chi connectivity index (χ1v) is 11.0. The van der Waals surface area contributed by atoms with Crippen molar-refractivity contribution < 1.29 is 4.39 Å². The summed E-state index contributed by atoms with van der Waals surface area (Å²) in [6.45, 7) is 7.32. The minimum Gasteiger partial charge on any atom is -0.369 e. The van der Waals surface area contributed by atoms with Gasteiger partial charge in [-0.2, -0.15) is 0 Å². The molecular weight excluding hydrogens is 504 g/mol. The van der Waals surface area contributed by atoms with Gasteiger partial charge >= 0.3 is 0 Å². The van der Waals surface area contributed by atoms with Gasteiger partial charge in [0.15, 0.2) is 5.96 Å². The van der Waals surface area contributed by atoms with Gasteiger partial charge in [-0.05, 0) is 55.6 Å². The second kappa shape index (κ2) is 14.2. The fourth-order valence-corrected chi connectivity index (χ4v) is 3.73. The minimum atomic E-state index is -0.192. The van der Waals surface area contributed by atoms with E-state index in [1.54, 1.807) is 7.05 Å². The van der Waals surface area contributed by atoms with Gasteiger partial charge in [0.25, 0.3) is 0 Å². The van der Waals surface area contributed by atoms with E-state index in [1.807, 2.05) is 12.1 Å². The maximum atomic E-state index is 13.0. The van der Waals surface area contributed by atoms with Crippen molar-refractivity contribution in [2.45, 2.75) is 19.3 Å². The topological polar surface area (TPSA) is 42.9 Å². The normalized spacial score (nSPS) is 14.8. The fourth-order valence-electron chi connectivity index (χ4n) is 3.73. The van der Waals surface area contributed by atoms with Gasteiger partial charge in [-0.25, -0.2) is 4.39 Å². The SMILES string of the molecule is CN=C(NCCCCN1CCN(c2ccccc2)CC1)NCCc1ccc(F)cc1.I. The number of hydrogen-bond acceptors (Lipinski definition) is 3. The summed E-state index contributed by atoms with van der Waals surface area (Å²) in [7, 11) is 1.79. The summed E-state index contributed by atoms with van der Waals surface area (Å²) in [5.74, 6) is 0.635. The summed E-state index contributed by atoms with van der Waals surface area (Å²) >= 11 is 0. The maximum absolute atomic E-state index is 13.0. The molecule has 2 N–H and O–H groups in total. The number of rotatable bonds is 9. The molecule has 0 radical (unpaired) electrons. The molecule has 1 aliphatic heterocycles. The maximum Gasteiger partial charge on any atom is 0.190 e. The number of halogens is 2. The third-order valence-corrected chi connectivity index (χ3v) is 5.53. The molecule has 2 aromatic rings. The highest BCUT2D eigenvalue weighted by Crippen LogP contribution is 2.15. The third-order valence-electron chi connectivity index (χ3n) is 5.53. The van der Waals surface area contributed by atoms with E-state index in [9.17, 15) is 4.39 Å². The average Bonchev–Trinajstić information content (AvgIpc) is 2.80. The van der Waals surface area contributed by atoms with E-state index in [1.165, 1.54) is 24.2 Å². The number of nitrogens with zero attached hydrogens (tertiary/aromatic N) is 3. The number of aliphatic imine (C=N–C) groups is 1. The van der Waals surface area contributed by atoms with Gasteiger partial charge < -0.3 is 15.5 Å². The van der Waals surface area contributed by atoms with Crippen LogP contribution in [0.2, 0.25) is 0 Å². The van der Waals surface area contributed by atoms with Gasteiger partial charge in [-0.1, -0.05) is 30.3 Å². The quantitative estimate of drug-likeness (QED) is 0.221. The van der Waals surface area contributed by atoms with Crippen LogP contribution in [-0.4, -0.2) is 63.7 Å². The van der Waals surface area contributed by atoms with Crippen molar-refractivity contribution in [3.63, 3.8) is 0 Å². The van der Waals surface area contributed by atoms with Crippen LogP contribution >= 0.6 is 24.0 Å². The summed E-state index contributed by atoms with van der Waals surface area (Å²) in [6.07, 6.45) is 3.15. The van der Waals surface area contributed by atoms with Gasteiger partial charge in [0, 0.05) is 52.0 Å². The molecule has 1 heterocycles. The van der Waals surface area contributed by atoms with Crippen LogP contribution in [0.1, 0.15) is 18.4 Å². The highest BCUT2D eigenvalue weighted by atomic mass is 127. The smallest absolute Gasteiger partial charge is 0.190 e. The second-order valence-corrected chi connectivity index (χ2v) is 7.67. The van der Waals surface area contributed by atoms with E-state index in [0.29, 0.717) is 0 Å². The molecular formula is C24H35FIN5. The minimum absolute atomic E-state index is 0. The van der Waals surface area contributed by atoms with Crippen molar-refractivity contribution >= 4 is 35.6 Å². The molecule has 170 valence electrons. The first-order valence-electron chi connectivity index (χ1n) is 11.0. The Morgan fingerprint density at radius 2 is 1.58 bits per heavy atom. The standard InChI is InChI=1S/C24H34FN5.HI/c1-26-24(28-15-13-21-9-11-22(25)12-10-21)27-14-5-6-16-29-17-19-30(20-18-29)23-7-3-2-4-8-23;/h2-4,7-12H,5-6,13-20H2,1H3,(H2,26,27,28);1H. The molecule has 3 rings (SSSR count). The fraction of sp³-hybridized carbons (Fsp3) is 0.458. The lowest BCUT2D eigenvalue weighted by Crippen LogP contribution is -2.46. The molecule has 0 spiro atoms. The second-order valence-electron chi connectivity index (χ2n) is 7.67. The molecule has 0 aromatic heterocycles. The number of para-hydroxylation sites is 1. The molecule has 0 saturated carbocycles. The summed E-state index contributed by atoms with van der Waals surface area (Å²) in [5.41, 5.74) is 2.45. The van der Waals surface area contributed by atoms with Crippen LogP contribution in [0.3, 0.4) is 0 Å². The lowest BCUT2D eigenvalue weighted by Gasteiger charge is -2.36. The lowest BCUT2D eigenvalue weighted by molar-refractivity contribution is 0.253. The average molecular weight is 539 g/mol. The summed E-state index contributed by atoms with van der Waals surface area (Å²) in [5, 5.41) is 6.71. The molecule has 0 aliphatic carbocycles. The van der Waals surface area contributed by atoms with Crippen LogP contribution in [0.4, 0.5) is 10.1 Å². The molecule has 7 heteroatoms. The number of guanidine groups is 1. The number of anilines is 1. The number of benzene rings is 2. The molecule has 0 bridgehead atoms. The van der Waals surface area contributed by atoms with Crippen LogP contribution in [0.25, 0.3) is 0 Å². The van der Waals surface area contributed by atoms with Crippen molar-refractivity contribution in [1.82, 2.24) is 15.5 Å². The van der Waals surface area contributed by atoms with E-state index in [4.69, 9.17) is 0 Å². The zero-order valence-corrected chi connectivity index (χ0v) is 20.7. The van der Waals surface area contributed by atoms with Gasteiger partial charge in [-0.15, -0.1) is 24.0 Å². The highest BCUT2D eigenvalue weighted by molar-refractivity contribution is 14.0. The summed E-state index contributed by atoms with van der Waals surface area (Å²) < 4.78 is 13.0. The summed E-state index contributed by atoms with van der Waals surface area (Å²) in [4.78, 5) is 9.31. The largest absolute Gasteiger partial charge is 0.369 e. The van der Waals surface area contributed by atoms with Crippen molar-refractivity contribution in [3.8, 4) is 0 Å².